The van der Waals surface area contributed by atoms with Crippen LogP contribution in [0.15, 0.2) is 11.5 Å². The molecule has 1 rings (SSSR count). The predicted molar refractivity (Wildman–Crippen MR) is 38.4 cm³/mol. The lowest BCUT2D eigenvalue weighted by molar-refractivity contribution is -0.158. The number of hydrogen-bond donors (Lipinski definition) is 5. The van der Waals surface area contributed by atoms with Crippen molar-refractivity contribution in [2.24, 2.45) is 5.73 Å². The van der Waals surface area contributed by atoms with Gasteiger partial charge in [-0.25, -0.2) is 4.79 Å². The Labute approximate surface area is 72.7 Å². The molecule has 0 spiro atoms. The summed E-state index contributed by atoms with van der Waals surface area (Å²) in [5.41, 5.74) is 5.16. The van der Waals surface area contributed by atoms with Gasteiger partial charge in [-0.05, 0) is 0 Å². The molecule has 0 bridgehead atoms. The molecule has 0 aromatic carbocycles. The molecule has 0 radical (unpaired) electrons. The molecule has 0 fully saturated rings. The highest BCUT2D eigenvalue weighted by molar-refractivity contribution is 5.85. The molecule has 74 valence electrons. The van der Waals surface area contributed by atoms with Gasteiger partial charge < -0.3 is 30.9 Å². The highest BCUT2D eigenvalue weighted by Crippen LogP contribution is 2.20. The zero-order valence-corrected chi connectivity index (χ0v) is 6.41. The monoisotopic (exact) mass is 191 g/mol. The number of aliphatic hydroxyl groups excluding tert-OH is 3. The van der Waals surface area contributed by atoms with Crippen molar-refractivity contribution in [3.63, 3.8) is 0 Å². The van der Waals surface area contributed by atoms with Gasteiger partial charge in [0.1, 0.15) is 12.1 Å². The summed E-state index contributed by atoms with van der Waals surface area (Å²) in [4.78, 5) is 10.4. The van der Waals surface area contributed by atoms with E-state index in [1.54, 1.807) is 0 Å². The number of nitrogens with two attached hydrogens (primary N) is 1. The van der Waals surface area contributed by atoms with Gasteiger partial charge in [0.15, 0.2) is 5.76 Å². The fourth-order valence-electron chi connectivity index (χ4n) is 0.892. The number of carboxylic acids is 1. The minimum absolute atomic E-state index is 0.884. The lowest BCUT2D eigenvalue weighted by Crippen LogP contribution is -2.51. The largest absolute Gasteiger partial charge is 0.506 e. The first kappa shape index (κ1) is 9.78. The maximum atomic E-state index is 10.4. The Kier molecular flexibility index (Phi) is 2.41. The van der Waals surface area contributed by atoms with Crippen molar-refractivity contribution in [1.82, 2.24) is 0 Å². The SMILES string of the molecule is N[C@@H]1C(O)OC(C(=O)O)=C(O)C1O. The minimum Gasteiger partial charge on any atom is -0.506 e. The molecule has 13 heavy (non-hydrogen) atoms. The molecular weight excluding hydrogens is 182 g/mol. The Morgan fingerprint density at radius 3 is 2.46 bits per heavy atom. The van der Waals surface area contributed by atoms with Crippen molar-refractivity contribution < 1.29 is 30.0 Å². The Bertz CT molecular complexity index is 262. The van der Waals surface area contributed by atoms with Crippen LogP contribution in [0.25, 0.3) is 0 Å². The molecule has 0 saturated heterocycles. The summed E-state index contributed by atoms with van der Waals surface area (Å²) in [6.07, 6.45) is -3.27. The molecule has 1 aliphatic heterocycles. The van der Waals surface area contributed by atoms with E-state index in [2.05, 4.69) is 4.74 Å². The van der Waals surface area contributed by atoms with E-state index in [-0.39, 0.29) is 0 Å². The smallest absolute Gasteiger partial charge is 0.375 e. The summed E-state index contributed by atoms with van der Waals surface area (Å²) >= 11 is 0. The zero-order valence-electron chi connectivity index (χ0n) is 6.41. The van der Waals surface area contributed by atoms with Gasteiger partial charge in [-0.2, -0.15) is 0 Å². The van der Waals surface area contributed by atoms with Crippen molar-refractivity contribution >= 4 is 5.97 Å². The Hall–Kier alpha value is -1.31. The maximum absolute atomic E-state index is 10.4. The summed E-state index contributed by atoms with van der Waals surface area (Å²) in [5.74, 6) is -3.35. The number of carboxylic acid groups (broad SMARTS) is 1. The molecule has 0 aromatic heterocycles. The molecule has 3 atom stereocenters. The molecule has 7 heteroatoms. The van der Waals surface area contributed by atoms with Crippen LogP contribution in [0.1, 0.15) is 0 Å². The van der Waals surface area contributed by atoms with Gasteiger partial charge in [0, 0.05) is 0 Å². The highest BCUT2D eigenvalue weighted by atomic mass is 16.6. The summed E-state index contributed by atoms with van der Waals surface area (Å²) in [6, 6.07) is -1.26. The maximum Gasteiger partial charge on any atom is 0.375 e. The zero-order chi connectivity index (χ0) is 10.2. The number of aliphatic hydroxyl groups is 3. The second-order valence-corrected chi connectivity index (χ2v) is 2.55. The average Bonchev–Trinajstić information content (AvgIpc) is 2.07. The van der Waals surface area contributed by atoms with Crippen LogP contribution in [0.5, 0.6) is 0 Å². The molecule has 7 nitrogen and oxygen atoms in total. The molecule has 2 unspecified atom stereocenters. The van der Waals surface area contributed by atoms with Gasteiger partial charge in [0.05, 0.1) is 0 Å². The van der Waals surface area contributed by atoms with Gasteiger partial charge in [0.2, 0.25) is 12.0 Å². The van der Waals surface area contributed by atoms with Crippen LogP contribution in [0, 0.1) is 0 Å². The van der Waals surface area contributed by atoms with Crippen LogP contribution in [-0.4, -0.2) is 44.8 Å². The van der Waals surface area contributed by atoms with Crippen molar-refractivity contribution in [1.29, 1.82) is 0 Å². The summed E-state index contributed by atoms with van der Waals surface area (Å²) in [6.45, 7) is 0. The first-order chi connectivity index (χ1) is 5.95. The Morgan fingerprint density at radius 1 is 1.46 bits per heavy atom. The van der Waals surface area contributed by atoms with Crippen LogP contribution in [0.4, 0.5) is 0 Å². The Balaban J connectivity index is 3.01. The van der Waals surface area contributed by atoms with E-state index in [0.29, 0.717) is 0 Å². The normalized spacial score (nSPS) is 34.2. The molecule has 0 aliphatic carbocycles. The third-order valence-electron chi connectivity index (χ3n) is 1.64. The Morgan fingerprint density at radius 2 is 2.00 bits per heavy atom. The molecule has 1 aliphatic rings. The van der Waals surface area contributed by atoms with E-state index < -0.39 is 35.9 Å². The number of hydrogen-bond acceptors (Lipinski definition) is 6. The molecule has 6 N–H and O–H groups in total. The van der Waals surface area contributed by atoms with Gasteiger partial charge in [-0.15, -0.1) is 0 Å². The third-order valence-corrected chi connectivity index (χ3v) is 1.64. The van der Waals surface area contributed by atoms with E-state index in [1.807, 2.05) is 0 Å². The second kappa shape index (κ2) is 3.21. The van der Waals surface area contributed by atoms with E-state index in [0.717, 1.165) is 0 Å². The van der Waals surface area contributed by atoms with Crippen LogP contribution >= 0.6 is 0 Å². The first-order valence-corrected chi connectivity index (χ1v) is 3.40. The molecule has 0 amide bonds. The molecule has 1 heterocycles. The van der Waals surface area contributed by atoms with E-state index >= 15 is 0 Å². The fourth-order valence-corrected chi connectivity index (χ4v) is 0.892. The highest BCUT2D eigenvalue weighted by Gasteiger charge is 2.38. The predicted octanol–water partition coefficient (Wildman–Crippen LogP) is -2.12. The lowest BCUT2D eigenvalue weighted by atomic mass is 10.1. The number of carbonyl (C=O) groups is 1. The van der Waals surface area contributed by atoms with Crippen molar-refractivity contribution in [3.8, 4) is 0 Å². The third kappa shape index (κ3) is 1.57. The summed E-state index contributed by atoms with van der Waals surface area (Å²) in [5, 5.41) is 35.5. The minimum atomic E-state index is -1.64. The van der Waals surface area contributed by atoms with Crippen LogP contribution in [0.2, 0.25) is 0 Å². The number of rotatable bonds is 1. The van der Waals surface area contributed by atoms with Crippen molar-refractivity contribution in [3.05, 3.63) is 11.5 Å². The van der Waals surface area contributed by atoms with Gasteiger partial charge in [0.25, 0.3) is 0 Å². The van der Waals surface area contributed by atoms with Gasteiger partial charge >= 0.3 is 5.97 Å². The lowest BCUT2D eigenvalue weighted by Gasteiger charge is -2.29. The van der Waals surface area contributed by atoms with Crippen LogP contribution in [-0.2, 0) is 9.53 Å². The van der Waals surface area contributed by atoms with E-state index in [9.17, 15) is 4.79 Å². The van der Waals surface area contributed by atoms with E-state index in [4.69, 9.17) is 26.2 Å². The van der Waals surface area contributed by atoms with Crippen molar-refractivity contribution in [2.75, 3.05) is 0 Å². The molecule has 0 saturated carbocycles. The van der Waals surface area contributed by atoms with E-state index in [1.165, 1.54) is 0 Å². The van der Waals surface area contributed by atoms with Gasteiger partial charge in [-0.1, -0.05) is 0 Å². The summed E-state index contributed by atoms with van der Waals surface area (Å²) in [7, 11) is 0. The number of aliphatic carboxylic acids is 1. The fraction of sp³-hybridized carbons (Fsp3) is 0.500. The quantitative estimate of drug-likeness (QED) is 0.320. The topological polar surface area (TPSA) is 133 Å². The number of ether oxygens (including phenoxy) is 1. The average molecular weight is 191 g/mol. The first-order valence-electron chi connectivity index (χ1n) is 3.40. The molecular formula is C6H9NO6. The summed E-state index contributed by atoms with van der Waals surface area (Å²) < 4.78 is 4.34. The van der Waals surface area contributed by atoms with Gasteiger partial charge in [-0.3, -0.25) is 0 Å². The van der Waals surface area contributed by atoms with Crippen LogP contribution < -0.4 is 5.73 Å². The van der Waals surface area contributed by atoms with Crippen LogP contribution in [0.3, 0.4) is 0 Å². The molecule has 0 aromatic rings. The standard InChI is InChI=1S/C6H9NO6/c7-1-2(8)3(9)4(5(10)11)13-6(1)12/h1-2,6,8-9,12H,7H2,(H,10,11)/t1-,2?,6?/m0/s1. The second-order valence-electron chi connectivity index (χ2n) is 2.55. The van der Waals surface area contributed by atoms with Crippen molar-refractivity contribution in [2.45, 2.75) is 18.4 Å².